The molecule has 1 aliphatic rings. The topological polar surface area (TPSA) is 170 Å². The summed E-state index contributed by atoms with van der Waals surface area (Å²) in [5.41, 5.74) is 4.11. The fourth-order valence-corrected chi connectivity index (χ4v) is 3.58. The Hall–Kier alpha value is -3.86. The number of hydrogen-bond acceptors (Lipinski definition) is 7. The number of amides is 2. The predicted molar refractivity (Wildman–Crippen MR) is 106 cm³/mol. The standard InChI is InChI=1S/C19H20F3N7O4/c20-19(21,22)14(30)13-2-1-11(9-25-13)26-16-12(15(24)31)10-29(27-16)18(3-6-23)4-7-28(8-5-18)17(32)33/h1-2,9-10,14,30H,3-5,7-8H2,(H2,24,31)(H,26,27)(H,32,33). The smallest absolute Gasteiger partial charge is 0.420 e. The van der Waals surface area contributed by atoms with E-state index in [2.05, 4.69) is 21.5 Å². The quantitative estimate of drug-likeness (QED) is 0.500. The number of carbonyl (C=O) groups excluding carboxylic acids is 1. The number of nitrogens with zero attached hydrogens (tertiary/aromatic N) is 5. The number of anilines is 2. The molecule has 1 aliphatic heterocycles. The van der Waals surface area contributed by atoms with E-state index < -0.39 is 35.5 Å². The second-order valence-corrected chi connectivity index (χ2v) is 7.57. The number of piperidine rings is 1. The zero-order valence-electron chi connectivity index (χ0n) is 17.1. The largest absolute Gasteiger partial charge is 0.465 e. The van der Waals surface area contributed by atoms with Crippen molar-refractivity contribution in [3.8, 4) is 6.07 Å². The lowest BCUT2D eigenvalue weighted by Gasteiger charge is -2.39. The molecule has 14 heteroatoms. The van der Waals surface area contributed by atoms with Gasteiger partial charge in [-0.3, -0.25) is 14.5 Å². The summed E-state index contributed by atoms with van der Waals surface area (Å²) in [6.07, 6.45) is -5.74. The highest BCUT2D eigenvalue weighted by Gasteiger charge is 2.41. The molecular weight excluding hydrogens is 447 g/mol. The van der Waals surface area contributed by atoms with Crippen LogP contribution in [0.15, 0.2) is 24.5 Å². The van der Waals surface area contributed by atoms with Crippen molar-refractivity contribution in [3.63, 3.8) is 0 Å². The van der Waals surface area contributed by atoms with E-state index >= 15 is 0 Å². The van der Waals surface area contributed by atoms with Gasteiger partial charge in [0.2, 0.25) is 0 Å². The molecule has 2 aromatic rings. The minimum absolute atomic E-state index is 0.00532. The Morgan fingerprint density at radius 2 is 2.00 bits per heavy atom. The highest BCUT2D eigenvalue weighted by atomic mass is 19.4. The minimum Gasteiger partial charge on any atom is -0.465 e. The van der Waals surface area contributed by atoms with E-state index in [0.29, 0.717) is 0 Å². The number of pyridine rings is 1. The van der Waals surface area contributed by atoms with Crippen LogP contribution in [0.4, 0.5) is 29.5 Å². The molecule has 33 heavy (non-hydrogen) atoms. The third kappa shape index (κ3) is 4.98. The Balaban J connectivity index is 1.88. The summed E-state index contributed by atoms with van der Waals surface area (Å²) < 4.78 is 39.3. The molecule has 0 radical (unpaired) electrons. The van der Waals surface area contributed by atoms with E-state index in [4.69, 9.17) is 5.73 Å². The summed E-state index contributed by atoms with van der Waals surface area (Å²) in [5, 5.41) is 34.9. The second kappa shape index (κ2) is 8.94. The van der Waals surface area contributed by atoms with E-state index in [1.165, 1.54) is 21.8 Å². The molecule has 0 saturated carbocycles. The molecular formula is C19H20F3N7O4. The molecule has 1 atom stereocenters. The van der Waals surface area contributed by atoms with Gasteiger partial charge >= 0.3 is 12.3 Å². The van der Waals surface area contributed by atoms with E-state index in [1.54, 1.807) is 0 Å². The molecule has 1 fully saturated rings. The lowest BCUT2D eigenvalue weighted by molar-refractivity contribution is -0.207. The number of likely N-dealkylation sites (tertiary alicyclic amines) is 1. The number of primary amides is 1. The van der Waals surface area contributed by atoms with Crippen molar-refractivity contribution in [2.24, 2.45) is 5.73 Å². The number of hydrogen-bond donors (Lipinski definition) is 4. The van der Waals surface area contributed by atoms with Crippen molar-refractivity contribution >= 4 is 23.5 Å². The van der Waals surface area contributed by atoms with Gasteiger partial charge in [-0.2, -0.15) is 23.5 Å². The van der Waals surface area contributed by atoms with E-state index in [0.717, 1.165) is 12.3 Å². The molecule has 176 valence electrons. The molecule has 0 aliphatic carbocycles. The van der Waals surface area contributed by atoms with Crippen LogP contribution in [0.2, 0.25) is 0 Å². The molecule has 2 aromatic heterocycles. The highest BCUT2D eigenvalue weighted by Crippen LogP contribution is 2.35. The summed E-state index contributed by atoms with van der Waals surface area (Å²) in [7, 11) is 0. The first kappa shape index (κ1) is 23.8. The molecule has 2 amide bonds. The Morgan fingerprint density at radius 1 is 1.33 bits per heavy atom. The van der Waals surface area contributed by atoms with Crippen LogP contribution < -0.4 is 11.1 Å². The van der Waals surface area contributed by atoms with Crippen molar-refractivity contribution in [1.29, 1.82) is 5.26 Å². The number of nitrogens with two attached hydrogens (primary N) is 1. The van der Waals surface area contributed by atoms with Gasteiger partial charge < -0.3 is 26.2 Å². The zero-order chi connectivity index (χ0) is 24.4. The van der Waals surface area contributed by atoms with Crippen molar-refractivity contribution in [2.75, 3.05) is 18.4 Å². The molecule has 0 bridgehead atoms. The minimum atomic E-state index is -4.87. The van der Waals surface area contributed by atoms with Gasteiger partial charge in [0.05, 0.1) is 35.6 Å². The van der Waals surface area contributed by atoms with Crippen molar-refractivity contribution in [1.82, 2.24) is 19.7 Å². The van der Waals surface area contributed by atoms with Gasteiger partial charge in [0.25, 0.3) is 5.91 Å². The fraction of sp³-hybridized carbons (Fsp3) is 0.421. The van der Waals surface area contributed by atoms with E-state index in [1.807, 2.05) is 0 Å². The first-order chi connectivity index (χ1) is 15.5. The van der Waals surface area contributed by atoms with Gasteiger partial charge in [-0.1, -0.05) is 0 Å². The fourth-order valence-electron chi connectivity index (χ4n) is 3.58. The van der Waals surface area contributed by atoms with Crippen molar-refractivity contribution < 1.29 is 33.0 Å². The number of nitrogens with one attached hydrogen (secondary N) is 1. The number of nitriles is 1. The van der Waals surface area contributed by atoms with Crippen LogP contribution in [-0.2, 0) is 5.54 Å². The molecule has 3 heterocycles. The first-order valence-corrected chi connectivity index (χ1v) is 9.69. The summed E-state index contributed by atoms with van der Waals surface area (Å²) in [6, 6.07) is 4.26. The summed E-state index contributed by atoms with van der Waals surface area (Å²) in [5.74, 6) is -0.845. The molecule has 1 unspecified atom stereocenters. The summed E-state index contributed by atoms with van der Waals surface area (Å²) in [4.78, 5) is 28.0. The molecule has 5 N–H and O–H groups in total. The van der Waals surface area contributed by atoms with Gasteiger partial charge in [0.15, 0.2) is 11.9 Å². The second-order valence-electron chi connectivity index (χ2n) is 7.57. The number of aliphatic hydroxyl groups excluding tert-OH is 1. The molecule has 0 spiro atoms. The van der Waals surface area contributed by atoms with Crippen LogP contribution in [0.3, 0.4) is 0 Å². The Labute approximate surface area is 185 Å². The average Bonchev–Trinajstić information content (AvgIpc) is 3.18. The molecule has 0 aromatic carbocycles. The van der Waals surface area contributed by atoms with Crippen LogP contribution in [0.25, 0.3) is 0 Å². The van der Waals surface area contributed by atoms with Gasteiger partial charge in [-0.25, -0.2) is 4.79 Å². The number of carbonyl (C=O) groups is 2. The lowest BCUT2D eigenvalue weighted by Crippen LogP contribution is -2.47. The number of halogens is 3. The molecule has 3 rings (SSSR count). The summed E-state index contributed by atoms with van der Waals surface area (Å²) >= 11 is 0. The average molecular weight is 467 g/mol. The highest BCUT2D eigenvalue weighted by molar-refractivity contribution is 5.98. The van der Waals surface area contributed by atoms with Gasteiger partial charge in [-0.05, 0) is 25.0 Å². The maximum absolute atomic E-state index is 12.6. The Kier molecular flexibility index (Phi) is 6.45. The number of rotatable bonds is 6. The lowest BCUT2D eigenvalue weighted by atomic mass is 9.85. The monoisotopic (exact) mass is 467 g/mol. The number of alkyl halides is 3. The summed E-state index contributed by atoms with van der Waals surface area (Å²) in [6.45, 7) is 0.330. The number of carboxylic acid groups (broad SMARTS) is 1. The third-order valence-electron chi connectivity index (χ3n) is 5.48. The van der Waals surface area contributed by atoms with Gasteiger partial charge in [0, 0.05) is 19.3 Å². The van der Waals surface area contributed by atoms with Crippen LogP contribution in [0.1, 0.15) is 41.4 Å². The SMILES string of the molecule is N#CCC1(n2cc(C(N)=O)c(Nc3ccc(C(O)C(F)(F)F)nc3)n2)CCN(C(=O)O)CC1. The third-order valence-corrected chi connectivity index (χ3v) is 5.48. The molecule has 1 saturated heterocycles. The first-order valence-electron chi connectivity index (χ1n) is 9.69. The van der Waals surface area contributed by atoms with E-state index in [-0.39, 0.29) is 49.4 Å². The van der Waals surface area contributed by atoms with E-state index in [9.17, 15) is 38.2 Å². The van der Waals surface area contributed by atoms with Gasteiger partial charge in [-0.15, -0.1) is 0 Å². The zero-order valence-corrected chi connectivity index (χ0v) is 17.1. The number of aromatic nitrogens is 3. The van der Waals surface area contributed by atoms with Crippen LogP contribution in [0, 0.1) is 11.3 Å². The van der Waals surface area contributed by atoms with Crippen LogP contribution >= 0.6 is 0 Å². The maximum atomic E-state index is 12.6. The van der Waals surface area contributed by atoms with Crippen LogP contribution in [-0.4, -0.2) is 61.1 Å². The Morgan fingerprint density at radius 3 is 2.48 bits per heavy atom. The predicted octanol–water partition coefficient (Wildman–Crippen LogP) is 2.10. The maximum Gasteiger partial charge on any atom is 0.420 e. The normalized spacial score (nSPS) is 16.6. The van der Waals surface area contributed by atoms with Crippen molar-refractivity contribution in [2.45, 2.75) is 37.1 Å². The van der Waals surface area contributed by atoms with Gasteiger partial charge in [0.1, 0.15) is 5.56 Å². The Bertz CT molecular complexity index is 1070. The molecule has 11 nitrogen and oxygen atoms in total. The number of aliphatic hydroxyl groups is 1. The van der Waals surface area contributed by atoms with Crippen molar-refractivity contribution in [3.05, 3.63) is 35.8 Å². The van der Waals surface area contributed by atoms with Crippen LogP contribution in [0.5, 0.6) is 0 Å².